The Kier molecular flexibility index (Phi) is 4.10. The van der Waals surface area contributed by atoms with Gasteiger partial charge in [0.1, 0.15) is 5.75 Å². The molecule has 0 saturated heterocycles. The van der Waals surface area contributed by atoms with Crippen LogP contribution in [-0.4, -0.2) is 5.97 Å². The van der Waals surface area contributed by atoms with Gasteiger partial charge in [-0.2, -0.15) is 0 Å². The van der Waals surface area contributed by atoms with Crippen LogP contribution in [0.3, 0.4) is 0 Å². The van der Waals surface area contributed by atoms with Crippen LogP contribution in [0.2, 0.25) is 0 Å². The Morgan fingerprint density at radius 2 is 2.00 bits per heavy atom. The molecule has 0 aliphatic carbocycles. The number of ether oxygens (including phenoxy) is 1. The molecule has 76 valence electrons. The highest BCUT2D eigenvalue weighted by molar-refractivity contribution is 5.84. The maximum absolute atomic E-state index is 11.0. The lowest BCUT2D eigenvalue weighted by molar-refractivity contribution is -0.128. The van der Waals surface area contributed by atoms with Crippen molar-refractivity contribution < 1.29 is 9.53 Å². The van der Waals surface area contributed by atoms with Crippen LogP contribution >= 0.6 is 0 Å². The Labute approximate surface area is 89.2 Å². The average molecular weight is 200 g/mol. The van der Waals surface area contributed by atoms with Gasteiger partial charge in [-0.05, 0) is 6.07 Å². The van der Waals surface area contributed by atoms with E-state index in [4.69, 9.17) is 4.74 Å². The largest absolute Gasteiger partial charge is 0.423 e. The SMILES string of the molecule is C=C/C=C/c1ccccc1OC(=O)C=C. The first-order valence-electron chi connectivity index (χ1n) is 4.50. The van der Waals surface area contributed by atoms with Gasteiger partial charge >= 0.3 is 5.97 Å². The molecular weight excluding hydrogens is 188 g/mol. The van der Waals surface area contributed by atoms with Gasteiger partial charge in [0.2, 0.25) is 0 Å². The summed E-state index contributed by atoms with van der Waals surface area (Å²) in [7, 11) is 0. The second-order valence-electron chi connectivity index (χ2n) is 2.76. The first kappa shape index (κ1) is 11.0. The van der Waals surface area contributed by atoms with Crippen LogP contribution in [0.15, 0.2) is 55.7 Å². The molecule has 2 heteroatoms. The fourth-order valence-corrected chi connectivity index (χ4v) is 1.03. The molecule has 1 aromatic carbocycles. The van der Waals surface area contributed by atoms with Crippen molar-refractivity contribution in [3.05, 3.63) is 61.2 Å². The summed E-state index contributed by atoms with van der Waals surface area (Å²) in [5.41, 5.74) is 0.826. The number of allylic oxidation sites excluding steroid dienone is 2. The van der Waals surface area contributed by atoms with E-state index in [1.165, 1.54) is 0 Å². The zero-order valence-electron chi connectivity index (χ0n) is 8.35. The van der Waals surface area contributed by atoms with E-state index in [1.54, 1.807) is 24.3 Å². The van der Waals surface area contributed by atoms with Gasteiger partial charge in [0.05, 0.1) is 0 Å². The van der Waals surface area contributed by atoms with Gasteiger partial charge < -0.3 is 4.74 Å². The van der Waals surface area contributed by atoms with Gasteiger partial charge in [0.15, 0.2) is 0 Å². The predicted molar refractivity (Wildman–Crippen MR) is 61.5 cm³/mol. The molecule has 0 atom stereocenters. The smallest absolute Gasteiger partial charge is 0.335 e. The van der Waals surface area contributed by atoms with E-state index in [2.05, 4.69) is 13.2 Å². The third-order valence-electron chi connectivity index (χ3n) is 1.71. The van der Waals surface area contributed by atoms with Crippen LogP contribution in [0.25, 0.3) is 6.08 Å². The number of hydrogen-bond donors (Lipinski definition) is 0. The fourth-order valence-electron chi connectivity index (χ4n) is 1.03. The third kappa shape index (κ3) is 3.27. The van der Waals surface area contributed by atoms with E-state index >= 15 is 0 Å². The molecule has 0 radical (unpaired) electrons. The van der Waals surface area contributed by atoms with Crippen LogP contribution in [0, 0.1) is 0 Å². The van der Waals surface area contributed by atoms with Crippen molar-refractivity contribution in [3.8, 4) is 5.75 Å². The minimum absolute atomic E-state index is 0.463. The summed E-state index contributed by atoms with van der Waals surface area (Å²) in [5.74, 6) is 0.0509. The maximum atomic E-state index is 11.0. The topological polar surface area (TPSA) is 26.3 Å². The van der Waals surface area contributed by atoms with Crippen LogP contribution in [-0.2, 0) is 4.79 Å². The number of carbonyl (C=O) groups excluding carboxylic acids is 1. The Balaban J connectivity index is 2.95. The Hall–Kier alpha value is -2.09. The van der Waals surface area contributed by atoms with Crippen LogP contribution in [0.4, 0.5) is 0 Å². The molecule has 0 aromatic heterocycles. The van der Waals surface area contributed by atoms with Gasteiger partial charge in [0, 0.05) is 11.6 Å². The maximum Gasteiger partial charge on any atom is 0.335 e. The molecule has 0 N–H and O–H groups in total. The van der Waals surface area contributed by atoms with E-state index < -0.39 is 5.97 Å². The van der Waals surface area contributed by atoms with Gasteiger partial charge in [-0.3, -0.25) is 0 Å². The van der Waals surface area contributed by atoms with E-state index in [1.807, 2.05) is 18.2 Å². The van der Waals surface area contributed by atoms with E-state index in [-0.39, 0.29) is 0 Å². The summed E-state index contributed by atoms with van der Waals surface area (Å²) in [6.45, 7) is 6.91. The fraction of sp³-hybridized carbons (Fsp3) is 0. The molecule has 1 aromatic rings. The Bertz CT molecular complexity index is 403. The van der Waals surface area contributed by atoms with Gasteiger partial charge in [-0.15, -0.1) is 0 Å². The standard InChI is InChI=1S/C13H12O2/c1-3-5-8-11-9-6-7-10-12(11)15-13(14)4-2/h3-10H,1-2H2/b8-5+. The Morgan fingerprint density at radius 1 is 1.27 bits per heavy atom. The molecule has 0 aliphatic heterocycles. The molecule has 0 heterocycles. The van der Waals surface area contributed by atoms with Crippen molar-refractivity contribution in [1.82, 2.24) is 0 Å². The van der Waals surface area contributed by atoms with Crippen LogP contribution in [0.5, 0.6) is 5.75 Å². The highest BCUT2D eigenvalue weighted by atomic mass is 16.5. The number of para-hydroxylation sites is 1. The van der Waals surface area contributed by atoms with Crippen molar-refractivity contribution in [2.24, 2.45) is 0 Å². The third-order valence-corrected chi connectivity index (χ3v) is 1.71. The summed E-state index contributed by atoms with van der Waals surface area (Å²) < 4.78 is 5.05. The first-order valence-corrected chi connectivity index (χ1v) is 4.50. The van der Waals surface area contributed by atoms with Crippen molar-refractivity contribution in [2.45, 2.75) is 0 Å². The van der Waals surface area contributed by atoms with E-state index in [0.717, 1.165) is 11.6 Å². The van der Waals surface area contributed by atoms with Crippen molar-refractivity contribution >= 4 is 12.0 Å². The normalized spacial score (nSPS) is 9.87. The number of rotatable bonds is 4. The van der Waals surface area contributed by atoms with Crippen LogP contribution in [0.1, 0.15) is 5.56 Å². The monoisotopic (exact) mass is 200 g/mol. The number of hydrogen-bond acceptors (Lipinski definition) is 2. The molecule has 0 fully saturated rings. The molecule has 0 aliphatic rings. The second-order valence-corrected chi connectivity index (χ2v) is 2.76. The van der Waals surface area contributed by atoms with E-state index in [9.17, 15) is 4.79 Å². The zero-order valence-corrected chi connectivity index (χ0v) is 8.35. The summed E-state index contributed by atoms with van der Waals surface area (Å²) in [5, 5.41) is 0. The molecule has 0 spiro atoms. The Morgan fingerprint density at radius 3 is 2.67 bits per heavy atom. The lowest BCUT2D eigenvalue weighted by Gasteiger charge is -2.04. The molecule has 15 heavy (non-hydrogen) atoms. The van der Waals surface area contributed by atoms with Crippen molar-refractivity contribution in [1.29, 1.82) is 0 Å². The summed E-state index contributed by atoms with van der Waals surface area (Å²) in [6, 6.07) is 7.25. The molecule has 2 nitrogen and oxygen atoms in total. The average Bonchev–Trinajstić information content (AvgIpc) is 2.28. The highest BCUT2D eigenvalue weighted by Gasteiger charge is 2.02. The van der Waals surface area contributed by atoms with Gasteiger partial charge in [-0.25, -0.2) is 4.79 Å². The lowest BCUT2D eigenvalue weighted by Crippen LogP contribution is -2.03. The van der Waals surface area contributed by atoms with Crippen molar-refractivity contribution in [3.63, 3.8) is 0 Å². The quantitative estimate of drug-likeness (QED) is 0.323. The minimum Gasteiger partial charge on any atom is -0.423 e. The van der Waals surface area contributed by atoms with E-state index in [0.29, 0.717) is 5.75 Å². The minimum atomic E-state index is -0.463. The predicted octanol–water partition coefficient (Wildman–Crippen LogP) is 2.98. The number of benzene rings is 1. The molecule has 0 saturated carbocycles. The number of carbonyl (C=O) groups is 1. The molecule has 0 unspecified atom stereocenters. The second kappa shape index (κ2) is 5.60. The lowest BCUT2D eigenvalue weighted by atomic mass is 10.2. The molecule has 1 rings (SSSR count). The molecular formula is C13H12O2. The summed E-state index contributed by atoms with van der Waals surface area (Å²) in [4.78, 5) is 11.0. The highest BCUT2D eigenvalue weighted by Crippen LogP contribution is 2.19. The summed E-state index contributed by atoms with van der Waals surface area (Å²) in [6.07, 6.45) is 6.39. The first-order chi connectivity index (χ1) is 7.27. The zero-order chi connectivity index (χ0) is 11.1. The number of esters is 1. The molecule has 0 bridgehead atoms. The van der Waals surface area contributed by atoms with Gasteiger partial charge in [0.25, 0.3) is 0 Å². The molecule has 0 amide bonds. The summed E-state index contributed by atoms with van der Waals surface area (Å²) >= 11 is 0. The van der Waals surface area contributed by atoms with Gasteiger partial charge in [-0.1, -0.05) is 49.6 Å². The van der Waals surface area contributed by atoms with Crippen molar-refractivity contribution in [2.75, 3.05) is 0 Å². The van der Waals surface area contributed by atoms with Crippen LogP contribution < -0.4 is 4.74 Å².